The van der Waals surface area contributed by atoms with Crippen molar-refractivity contribution in [3.63, 3.8) is 0 Å². The average molecular weight is 248 g/mol. The van der Waals surface area contributed by atoms with E-state index in [2.05, 4.69) is 20.9 Å². The first-order valence-electron chi connectivity index (χ1n) is 3.61. The SMILES string of the molecule is COc1cc(CO)c(Br)nc1OC. The third-order valence-corrected chi connectivity index (χ3v) is 2.25. The molecule has 0 radical (unpaired) electrons. The molecule has 0 unspecified atom stereocenters. The second-order valence-electron chi connectivity index (χ2n) is 2.31. The van der Waals surface area contributed by atoms with E-state index in [1.54, 1.807) is 6.07 Å². The molecule has 1 heterocycles. The molecule has 1 rings (SSSR count). The lowest BCUT2D eigenvalue weighted by atomic mass is 10.3. The van der Waals surface area contributed by atoms with Crippen molar-refractivity contribution >= 4 is 15.9 Å². The first kappa shape index (κ1) is 10.3. The standard InChI is InChI=1S/C8H10BrNO3/c1-12-6-3-5(4-11)7(9)10-8(6)13-2/h3,11H,4H2,1-2H3. The summed E-state index contributed by atoms with van der Waals surface area (Å²) in [7, 11) is 3.03. The van der Waals surface area contributed by atoms with Gasteiger partial charge in [0.05, 0.1) is 20.8 Å². The van der Waals surface area contributed by atoms with Crippen molar-refractivity contribution in [1.29, 1.82) is 0 Å². The van der Waals surface area contributed by atoms with Gasteiger partial charge in [0, 0.05) is 5.56 Å². The van der Waals surface area contributed by atoms with Gasteiger partial charge in [-0.15, -0.1) is 0 Å². The van der Waals surface area contributed by atoms with Crippen molar-refractivity contribution in [3.05, 3.63) is 16.2 Å². The Bertz CT molecular complexity index is 304. The second kappa shape index (κ2) is 4.43. The van der Waals surface area contributed by atoms with Crippen LogP contribution in [-0.2, 0) is 6.61 Å². The molecule has 1 aromatic heterocycles. The lowest BCUT2D eigenvalue weighted by Gasteiger charge is -2.08. The topological polar surface area (TPSA) is 51.6 Å². The van der Waals surface area contributed by atoms with E-state index in [0.29, 0.717) is 21.8 Å². The van der Waals surface area contributed by atoms with Crippen molar-refractivity contribution < 1.29 is 14.6 Å². The van der Waals surface area contributed by atoms with Crippen molar-refractivity contribution in [2.45, 2.75) is 6.61 Å². The van der Waals surface area contributed by atoms with Gasteiger partial charge in [0.2, 0.25) is 0 Å². The van der Waals surface area contributed by atoms with Crippen LogP contribution in [0.5, 0.6) is 11.6 Å². The van der Waals surface area contributed by atoms with Crippen LogP contribution in [0.3, 0.4) is 0 Å². The fourth-order valence-electron chi connectivity index (χ4n) is 0.899. The third-order valence-electron chi connectivity index (χ3n) is 1.56. The molecule has 13 heavy (non-hydrogen) atoms. The van der Waals surface area contributed by atoms with E-state index < -0.39 is 0 Å². The van der Waals surface area contributed by atoms with E-state index in [4.69, 9.17) is 14.6 Å². The van der Waals surface area contributed by atoms with Crippen LogP contribution in [0.15, 0.2) is 10.7 Å². The van der Waals surface area contributed by atoms with Crippen molar-refractivity contribution in [2.75, 3.05) is 14.2 Å². The number of aliphatic hydroxyl groups is 1. The largest absolute Gasteiger partial charge is 0.491 e. The number of methoxy groups -OCH3 is 2. The van der Waals surface area contributed by atoms with Gasteiger partial charge < -0.3 is 14.6 Å². The number of aliphatic hydroxyl groups excluding tert-OH is 1. The average Bonchev–Trinajstić information content (AvgIpc) is 2.17. The molecular weight excluding hydrogens is 238 g/mol. The summed E-state index contributed by atoms with van der Waals surface area (Å²) in [5.41, 5.74) is 0.664. The van der Waals surface area contributed by atoms with E-state index in [1.807, 2.05) is 0 Å². The van der Waals surface area contributed by atoms with Gasteiger partial charge in [0.25, 0.3) is 5.88 Å². The van der Waals surface area contributed by atoms with E-state index >= 15 is 0 Å². The molecule has 0 aliphatic heterocycles. The Balaban J connectivity index is 3.18. The summed E-state index contributed by atoms with van der Waals surface area (Å²) in [4.78, 5) is 4.04. The Morgan fingerprint density at radius 2 is 2.15 bits per heavy atom. The molecule has 0 saturated heterocycles. The highest BCUT2D eigenvalue weighted by Crippen LogP contribution is 2.29. The quantitative estimate of drug-likeness (QED) is 0.820. The van der Waals surface area contributed by atoms with Gasteiger partial charge in [-0.1, -0.05) is 0 Å². The van der Waals surface area contributed by atoms with Gasteiger partial charge in [-0.25, -0.2) is 4.98 Å². The first-order chi connectivity index (χ1) is 6.22. The zero-order valence-electron chi connectivity index (χ0n) is 7.37. The minimum Gasteiger partial charge on any atom is -0.491 e. The summed E-state index contributed by atoms with van der Waals surface area (Å²) in [5.74, 6) is 0.904. The Kier molecular flexibility index (Phi) is 3.50. The van der Waals surface area contributed by atoms with Gasteiger partial charge in [-0.05, 0) is 22.0 Å². The number of hydrogen-bond donors (Lipinski definition) is 1. The highest BCUT2D eigenvalue weighted by atomic mass is 79.9. The van der Waals surface area contributed by atoms with Crippen LogP contribution in [0.4, 0.5) is 0 Å². The number of aromatic nitrogens is 1. The van der Waals surface area contributed by atoms with Crippen LogP contribution in [0, 0.1) is 0 Å². The molecule has 1 aromatic rings. The monoisotopic (exact) mass is 247 g/mol. The number of nitrogens with zero attached hydrogens (tertiary/aromatic N) is 1. The van der Waals surface area contributed by atoms with Crippen molar-refractivity contribution in [1.82, 2.24) is 4.98 Å². The molecule has 0 saturated carbocycles. The molecule has 1 N–H and O–H groups in total. The predicted octanol–water partition coefficient (Wildman–Crippen LogP) is 1.35. The number of pyridine rings is 1. The maximum Gasteiger partial charge on any atom is 0.257 e. The zero-order chi connectivity index (χ0) is 9.84. The van der Waals surface area contributed by atoms with Crippen LogP contribution in [0.2, 0.25) is 0 Å². The number of hydrogen-bond acceptors (Lipinski definition) is 4. The van der Waals surface area contributed by atoms with Crippen LogP contribution < -0.4 is 9.47 Å². The van der Waals surface area contributed by atoms with Crippen LogP contribution >= 0.6 is 15.9 Å². The number of ether oxygens (including phenoxy) is 2. The van der Waals surface area contributed by atoms with Gasteiger partial charge >= 0.3 is 0 Å². The second-order valence-corrected chi connectivity index (χ2v) is 3.06. The van der Waals surface area contributed by atoms with Crippen LogP contribution in [-0.4, -0.2) is 24.3 Å². The normalized spacial score (nSPS) is 9.85. The van der Waals surface area contributed by atoms with E-state index in [0.717, 1.165) is 0 Å². The highest BCUT2D eigenvalue weighted by Gasteiger charge is 2.09. The molecule has 0 aliphatic rings. The summed E-state index contributed by atoms with van der Waals surface area (Å²) < 4.78 is 10.5. The Hall–Kier alpha value is -0.810. The zero-order valence-corrected chi connectivity index (χ0v) is 8.96. The summed E-state index contributed by atoms with van der Waals surface area (Å²) in [5, 5.41) is 8.94. The fourth-order valence-corrected chi connectivity index (χ4v) is 1.30. The molecule has 0 fully saturated rings. The minimum absolute atomic E-state index is 0.0893. The summed E-state index contributed by atoms with van der Waals surface area (Å²) in [6.07, 6.45) is 0. The highest BCUT2D eigenvalue weighted by molar-refractivity contribution is 9.10. The molecule has 5 heteroatoms. The maximum absolute atomic E-state index is 8.94. The lowest BCUT2D eigenvalue weighted by molar-refractivity contribution is 0.277. The minimum atomic E-state index is -0.0893. The number of rotatable bonds is 3. The van der Waals surface area contributed by atoms with Gasteiger partial charge in [0.1, 0.15) is 4.60 Å². The Morgan fingerprint density at radius 3 is 2.62 bits per heavy atom. The molecule has 0 atom stereocenters. The molecule has 0 spiro atoms. The first-order valence-corrected chi connectivity index (χ1v) is 4.40. The molecule has 0 aromatic carbocycles. The molecule has 4 nitrogen and oxygen atoms in total. The molecule has 0 aliphatic carbocycles. The molecule has 0 bridgehead atoms. The Morgan fingerprint density at radius 1 is 1.46 bits per heavy atom. The maximum atomic E-state index is 8.94. The fraction of sp³-hybridized carbons (Fsp3) is 0.375. The number of halogens is 1. The van der Waals surface area contributed by atoms with Crippen LogP contribution in [0.1, 0.15) is 5.56 Å². The van der Waals surface area contributed by atoms with Crippen molar-refractivity contribution in [3.8, 4) is 11.6 Å². The van der Waals surface area contributed by atoms with Gasteiger partial charge in [0.15, 0.2) is 5.75 Å². The molecule has 72 valence electrons. The van der Waals surface area contributed by atoms with E-state index in [-0.39, 0.29) is 6.61 Å². The molecular formula is C8H10BrNO3. The van der Waals surface area contributed by atoms with Gasteiger partial charge in [-0.3, -0.25) is 0 Å². The van der Waals surface area contributed by atoms with E-state index in [1.165, 1.54) is 14.2 Å². The lowest BCUT2D eigenvalue weighted by Crippen LogP contribution is -1.97. The third kappa shape index (κ3) is 2.10. The Labute approximate surface area is 84.6 Å². The summed E-state index contributed by atoms with van der Waals surface area (Å²) in [6.45, 7) is -0.0893. The summed E-state index contributed by atoms with van der Waals surface area (Å²) in [6, 6.07) is 1.68. The summed E-state index contributed by atoms with van der Waals surface area (Å²) >= 11 is 3.20. The van der Waals surface area contributed by atoms with Crippen LogP contribution in [0.25, 0.3) is 0 Å². The van der Waals surface area contributed by atoms with Crippen molar-refractivity contribution in [2.24, 2.45) is 0 Å². The smallest absolute Gasteiger partial charge is 0.257 e. The van der Waals surface area contributed by atoms with Gasteiger partial charge in [-0.2, -0.15) is 0 Å². The predicted molar refractivity (Wildman–Crippen MR) is 51.0 cm³/mol. The molecule has 0 amide bonds. The van der Waals surface area contributed by atoms with E-state index in [9.17, 15) is 0 Å².